The lowest BCUT2D eigenvalue weighted by Gasteiger charge is -2.21. The number of hydrogen-bond donors (Lipinski definition) is 3. The van der Waals surface area contributed by atoms with Gasteiger partial charge in [0.1, 0.15) is 6.21 Å². The van der Waals surface area contributed by atoms with E-state index >= 15 is 0 Å². The van der Waals surface area contributed by atoms with Crippen molar-refractivity contribution in [2.75, 3.05) is 18.4 Å². The first-order valence-corrected chi connectivity index (χ1v) is 10.4. The Morgan fingerprint density at radius 2 is 1.82 bits per heavy atom. The maximum atomic E-state index is 11.1. The highest BCUT2D eigenvalue weighted by molar-refractivity contribution is 6.25. The largest absolute Gasteiger partial charge is 0.411 e. The van der Waals surface area contributed by atoms with Gasteiger partial charge in [-0.1, -0.05) is 42.6 Å². The number of carbonyl (C=O) groups is 1. The summed E-state index contributed by atoms with van der Waals surface area (Å²) in [6.07, 6.45) is 11.1. The van der Waals surface area contributed by atoms with E-state index in [2.05, 4.69) is 40.1 Å². The van der Waals surface area contributed by atoms with Gasteiger partial charge >= 0.3 is 0 Å². The van der Waals surface area contributed by atoms with Gasteiger partial charge in [-0.15, -0.1) is 0 Å². The summed E-state index contributed by atoms with van der Waals surface area (Å²) in [7, 11) is 0. The SMILES string of the molecule is O=C(C=NO)NCCCCCCCNc1c2c(nc3ccccc13)CCCC2. The van der Waals surface area contributed by atoms with E-state index in [-0.39, 0.29) is 5.91 Å². The van der Waals surface area contributed by atoms with Crippen LogP contribution >= 0.6 is 0 Å². The van der Waals surface area contributed by atoms with Crippen molar-refractivity contribution >= 4 is 28.7 Å². The molecule has 1 aromatic heterocycles. The van der Waals surface area contributed by atoms with Crippen molar-refractivity contribution in [2.24, 2.45) is 5.16 Å². The number of para-hydroxylation sites is 1. The van der Waals surface area contributed by atoms with Gasteiger partial charge in [0, 0.05) is 29.9 Å². The first-order chi connectivity index (χ1) is 13.8. The van der Waals surface area contributed by atoms with Gasteiger partial charge in [0.25, 0.3) is 5.91 Å². The topological polar surface area (TPSA) is 86.6 Å². The number of benzene rings is 1. The summed E-state index contributed by atoms with van der Waals surface area (Å²) in [5, 5.41) is 18.6. The van der Waals surface area contributed by atoms with Crippen molar-refractivity contribution in [1.82, 2.24) is 10.3 Å². The second kappa shape index (κ2) is 10.6. The van der Waals surface area contributed by atoms with Crippen LogP contribution in [0.4, 0.5) is 5.69 Å². The number of pyridine rings is 1. The Labute approximate surface area is 166 Å². The number of nitrogens with one attached hydrogen (secondary N) is 2. The minimum atomic E-state index is -0.348. The van der Waals surface area contributed by atoms with E-state index in [0.29, 0.717) is 6.54 Å². The molecule has 0 radical (unpaired) electrons. The van der Waals surface area contributed by atoms with Crippen LogP contribution in [-0.2, 0) is 17.6 Å². The van der Waals surface area contributed by atoms with Crippen molar-refractivity contribution in [1.29, 1.82) is 0 Å². The molecule has 0 atom stereocenters. The monoisotopic (exact) mass is 382 g/mol. The van der Waals surface area contributed by atoms with Gasteiger partial charge in [0.05, 0.1) is 5.52 Å². The molecule has 28 heavy (non-hydrogen) atoms. The van der Waals surface area contributed by atoms with E-state index in [1.165, 1.54) is 41.6 Å². The molecule has 0 saturated carbocycles. The molecule has 150 valence electrons. The van der Waals surface area contributed by atoms with Crippen LogP contribution < -0.4 is 10.6 Å². The molecule has 0 fully saturated rings. The van der Waals surface area contributed by atoms with Gasteiger partial charge in [-0.3, -0.25) is 9.78 Å². The lowest BCUT2D eigenvalue weighted by Crippen LogP contribution is -2.25. The highest BCUT2D eigenvalue weighted by atomic mass is 16.4. The van der Waals surface area contributed by atoms with Crippen molar-refractivity contribution in [3.8, 4) is 0 Å². The van der Waals surface area contributed by atoms with Crippen LogP contribution in [-0.4, -0.2) is 35.4 Å². The van der Waals surface area contributed by atoms with E-state index in [1.54, 1.807) is 0 Å². The zero-order valence-corrected chi connectivity index (χ0v) is 16.4. The highest BCUT2D eigenvalue weighted by Gasteiger charge is 2.17. The number of rotatable bonds is 10. The van der Waals surface area contributed by atoms with Crippen LogP contribution in [0.5, 0.6) is 0 Å². The van der Waals surface area contributed by atoms with E-state index in [1.807, 2.05) is 0 Å². The average molecular weight is 383 g/mol. The molecule has 3 N–H and O–H groups in total. The van der Waals surface area contributed by atoms with Crippen LogP contribution in [0.3, 0.4) is 0 Å². The fourth-order valence-corrected chi connectivity index (χ4v) is 3.88. The minimum Gasteiger partial charge on any atom is -0.411 e. The number of unbranched alkanes of at least 4 members (excludes halogenated alkanes) is 4. The van der Waals surface area contributed by atoms with Crippen molar-refractivity contribution < 1.29 is 10.0 Å². The second-order valence-corrected chi connectivity index (χ2v) is 7.37. The molecule has 1 heterocycles. The summed E-state index contributed by atoms with van der Waals surface area (Å²) in [5.74, 6) is -0.348. The summed E-state index contributed by atoms with van der Waals surface area (Å²) in [6, 6.07) is 8.44. The van der Waals surface area contributed by atoms with Crippen LogP contribution in [0.2, 0.25) is 0 Å². The number of anilines is 1. The number of hydrogen-bond acceptors (Lipinski definition) is 5. The third-order valence-corrected chi connectivity index (χ3v) is 5.30. The van der Waals surface area contributed by atoms with E-state index < -0.39 is 0 Å². The molecule has 1 aromatic carbocycles. The molecule has 6 nitrogen and oxygen atoms in total. The Hall–Kier alpha value is -2.63. The molecule has 1 aliphatic rings. The number of aromatic nitrogens is 1. The van der Waals surface area contributed by atoms with Crippen LogP contribution in [0, 0.1) is 0 Å². The average Bonchev–Trinajstić information content (AvgIpc) is 2.72. The standard InChI is InChI=1S/C22H30N4O2/c27-21(16-25-28)23-14-8-2-1-3-9-15-24-22-17-10-4-6-12-19(17)26-20-13-7-5-11-18(20)22/h4,6,10,12,16,28H,1-3,5,7-9,11,13-15H2,(H,23,27)(H,24,26). The molecule has 1 amide bonds. The molecular weight excluding hydrogens is 352 g/mol. The zero-order chi connectivity index (χ0) is 19.6. The molecule has 0 saturated heterocycles. The molecule has 6 heteroatoms. The van der Waals surface area contributed by atoms with Gasteiger partial charge < -0.3 is 15.8 Å². The number of aryl methyl sites for hydroxylation is 1. The maximum Gasteiger partial charge on any atom is 0.265 e. The van der Waals surface area contributed by atoms with Crippen molar-refractivity contribution in [2.45, 2.75) is 57.8 Å². The van der Waals surface area contributed by atoms with Gasteiger partial charge in [-0.05, 0) is 50.2 Å². The summed E-state index contributed by atoms with van der Waals surface area (Å²) < 4.78 is 0. The van der Waals surface area contributed by atoms with Crippen molar-refractivity contribution in [3.63, 3.8) is 0 Å². The fraction of sp³-hybridized carbons (Fsp3) is 0.500. The van der Waals surface area contributed by atoms with Gasteiger partial charge in [0.2, 0.25) is 0 Å². The Morgan fingerprint density at radius 3 is 2.68 bits per heavy atom. The van der Waals surface area contributed by atoms with E-state index in [9.17, 15) is 4.79 Å². The molecular formula is C22H30N4O2. The van der Waals surface area contributed by atoms with Gasteiger partial charge in [-0.25, -0.2) is 0 Å². The summed E-state index contributed by atoms with van der Waals surface area (Å²) >= 11 is 0. The third kappa shape index (κ3) is 5.44. The first-order valence-electron chi connectivity index (χ1n) is 10.4. The molecule has 0 aliphatic heterocycles. The predicted molar refractivity (Wildman–Crippen MR) is 113 cm³/mol. The molecule has 1 aliphatic carbocycles. The predicted octanol–water partition coefficient (Wildman–Crippen LogP) is 4.05. The number of amides is 1. The van der Waals surface area contributed by atoms with Gasteiger partial charge in [0.15, 0.2) is 0 Å². The Bertz CT molecular complexity index is 820. The zero-order valence-electron chi connectivity index (χ0n) is 16.4. The first kappa shape index (κ1) is 20.1. The van der Waals surface area contributed by atoms with Crippen LogP contribution in [0.25, 0.3) is 10.9 Å². The van der Waals surface area contributed by atoms with Crippen LogP contribution in [0.15, 0.2) is 29.4 Å². The fourth-order valence-electron chi connectivity index (χ4n) is 3.88. The lowest BCUT2D eigenvalue weighted by molar-refractivity contribution is -0.114. The van der Waals surface area contributed by atoms with Crippen LogP contribution in [0.1, 0.15) is 56.2 Å². The van der Waals surface area contributed by atoms with E-state index in [4.69, 9.17) is 10.2 Å². The quantitative estimate of drug-likeness (QED) is 0.250. The summed E-state index contributed by atoms with van der Waals surface area (Å²) in [5.41, 5.74) is 5.10. The molecule has 3 rings (SSSR count). The third-order valence-electron chi connectivity index (χ3n) is 5.30. The van der Waals surface area contributed by atoms with E-state index in [0.717, 1.165) is 56.8 Å². The Morgan fingerprint density at radius 1 is 1.07 bits per heavy atom. The number of carbonyl (C=O) groups excluding carboxylic acids is 1. The Balaban J connectivity index is 1.43. The number of nitrogens with zero attached hydrogens (tertiary/aromatic N) is 2. The summed E-state index contributed by atoms with van der Waals surface area (Å²) in [6.45, 7) is 1.60. The van der Waals surface area contributed by atoms with Crippen molar-refractivity contribution in [3.05, 3.63) is 35.5 Å². The number of oxime groups is 1. The smallest absolute Gasteiger partial charge is 0.265 e. The molecule has 0 bridgehead atoms. The molecule has 2 aromatic rings. The second-order valence-electron chi connectivity index (χ2n) is 7.37. The number of fused-ring (bicyclic) bond motifs is 2. The molecule has 0 spiro atoms. The highest BCUT2D eigenvalue weighted by Crippen LogP contribution is 2.33. The minimum absolute atomic E-state index is 0.348. The Kier molecular flexibility index (Phi) is 7.64. The summed E-state index contributed by atoms with van der Waals surface area (Å²) in [4.78, 5) is 16.0. The lowest BCUT2D eigenvalue weighted by atomic mass is 9.92. The maximum absolute atomic E-state index is 11.1. The molecule has 0 unspecified atom stereocenters. The van der Waals surface area contributed by atoms with Gasteiger partial charge in [-0.2, -0.15) is 0 Å². The normalized spacial score (nSPS) is 13.6.